The van der Waals surface area contributed by atoms with Crippen molar-refractivity contribution in [3.05, 3.63) is 76.6 Å². The zero-order chi connectivity index (χ0) is 24.5. The van der Waals surface area contributed by atoms with Gasteiger partial charge in [-0.05, 0) is 57.2 Å². The Bertz CT molecular complexity index is 1450. The molecule has 2 N–H and O–H groups in total. The fraction of sp³-hybridized carbons (Fsp3) is 0.167. The minimum absolute atomic E-state index is 0.124. The fourth-order valence-corrected chi connectivity index (χ4v) is 5.33. The summed E-state index contributed by atoms with van der Waals surface area (Å²) in [6.07, 6.45) is 0. The number of aryl methyl sites for hydroxylation is 3. The van der Waals surface area contributed by atoms with Gasteiger partial charge in [0.2, 0.25) is 0 Å². The van der Waals surface area contributed by atoms with Crippen LogP contribution in [0.15, 0.2) is 63.2 Å². The van der Waals surface area contributed by atoms with E-state index in [1.54, 1.807) is 24.3 Å². The van der Waals surface area contributed by atoms with Crippen molar-refractivity contribution >= 4 is 38.1 Å². The van der Waals surface area contributed by atoms with Gasteiger partial charge >= 0.3 is 0 Å². The number of nitrogens with one attached hydrogen (secondary N) is 2. The van der Waals surface area contributed by atoms with Gasteiger partial charge in [-0.2, -0.15) is 0 Å². The van der Waals surface area contributed by atoms with Gasteiger partial charge in [0.05, 0.1) is 12.8 Å². The van der Waals surface area contributed by atoms with Crippen LogP contribution in [0, 0.1) is 20.8 Å². The monoisotopic (exact) mass is 497 g/mol. The molecule has 0 aliphatic rings. The Morgan fingerprint density at radius 3 is 2.44 bits per heavy atom. The molecule has 2 aromatic carbocycles. The number of benzene rings is 2. The highest BCUT2D eigenvalue weighted by Gasteiger charge is 2.22. The van der Waals surface area contributed by atoms with E-state index in [0.717, 1.165) is 22.6 Å². The molecule has 0 atom stereocenters. The van der Waals surface area contributed by atoms with Crippen molar-refractivity contribution in [1.29, 1.82) is 0 Å². The fourth-order valence-electron chi connectivity index (χ4n) is 3.37. The molecule has 0 bridgehead atoms. The number of nitrogens with zero attached hydrogens (tertiary/aromatic N) is 1. The van der Waals surface area contributed by atoms with E-state index in [1.807, 2.05) is 32.2 Å². The van der Waals surface area contributed by atoms with Crippen LogP contribution in [0.3, 0.4) is 0 Å². The zero-order valence-electron chi connectivity index (χ0n) is 19.0. The summed E-state index contributed by atoms with van der Waals surface area (Å²) in [5.41, 5.74) is 3.10. The van der Waals surface area contributed by atoms with Crippen molar-refractivity contribution < 1.29 is 22.4 Å². The third-order valence-corrected chi connectivity index (χ3v) is 7.22. The van der Waals surface area contributed by atoms with E-state index in [9.17, 15) is 13.2 Å². The molecule has 4 rings (SSSR count). The van der Waals surface area contributed by atoms with Gasteiger partial charge in [-0.15, -0.1) is 11.3 Å². The van der Waals surface area contributed by atoms with E-state index < -0.39 is 15.9 Å². The molecule has 8 nitrogen and oxygen atoms in total. The molecule has 0 saturated heterocycles. The van der Waals surface area contributed by atoms with Crippen molar-refractivity contribution in [3.8, 4) is 17.0 Å². The lowest BCUT2D eigenvalue weighted by atomic mass is 10.2. The predicted molar refractivity (Wildman–Crippen MR) is 132 cm³/mol. The molecule has 34 heavy (non-hydrogen) atoms. The second-order valence-electron chi connectivity index (χ2n) is 7.66. The van der Waals surface area contributed by atoms with Crippen LogP contribution < -0.4 is 14.8 Å². The summed E-state index contributed by atoms with van der Waals surface area (Å²) in [4.78, 5) is 17.2. The molecule has 0 aliphatic carbocycles. The maximum Gasteiger partial charge on any atom is 0.265 e. The number of anilines is 2. The summed E-state index contributed by atoms with van der Waals surface area (Å²) in [7, 11) is -2.64. The largest absolute Gasteiger partial charge is 0.495 e. The van der Waals surface area contributed by atoms with E-state index in [2.05, 4.69) is 15.0 Å². The molecular formula is C24H23N3O5S2. The molecule has 1 amide bonds. The van der Waals surface area contributed by atoms with Gasteiger partial charge in [-0.3, -0.25) is 14.8 Å². The Balaban J connectivity index is 1.58. The predicted octanol–water partition coefficient (Wildman–Crippen LogP) is 5.39. The number of thiazole rings is 1. The Morgan fingerprint density at radius 1 is 1.06 bits per heavy atom. The summed E-state index contributed by atoms with van der Waals surface area (Å²) in [5.74, 6) is 1.15. The first kappa shape index (κ1) is 23.5. The first-order valence-electron chi connectivity index (χ1n) is 10.3. The van der Waals surface area contributed by atoms with Crippen LogP contribution in [0.5, 0.6) is 5.75 Å². The third-order valence-electron chi connectivity index (χ3n) is 5.06. The SMILES string of the molecule is COc1ccc(C(=O)Nc2nc(-c3cc(C)oc3C)cs2)cc1S(=O)(=O)Nc1ccc(C)cc1. The number of amides is 1. The van der Waals surface area contributed by atoms with Gasteiger partial charge < -0.3 is 9.15 Å². The molecule has 0 radical (unpaired) electrons. The summed E-state index contributed by atoms with van der Waals surface area (Å²) in [6, 6.07) is 13.0. The lowest BCUT2D eigenvalue weighted by molar-refractivity contribution is 0.102. The van der Waals surface area contributed by atoms with E-state index in [0.29, 0.717) is 16.5 Å². The molecule has 0 fully saturated rings. The highest BCUT2D eigenvalue weighted by Crippen LogP contribution is 2.31. The average molecular weight is 498 g/mol. The smallest absolute Gasteiger partial charge is 0.265 e. The maximum atomic E-state index is 13.1. The van der Waals surface area contributed by atoms with Gasteiger partial charge in [0, 0.05) is 22.2 Å². The molecule has 0 spiro atoms. The van der Waals surface area contributed by atoms with Gasteiger partial charge in [0.25, 0.3) is 15.9 Å². The number of rotatable bonds is 7. The van der Waals surface area contributed by atoms with E-state index >= 15 is 0 Å². The minimum Gasteiger partial charge on any atom is -0.495 e. The quantitative estimate of drug-likeness (QED) is 0.354. The highest BCUT2D eigenvalue weighted by atomic mass is 32.2. The first-order chi connectivity index (χ1) is 16.2. The molecule has 0 aliphatic heterocycles. The second kappa shape index (κ2) is 9.32. The molecule has 2 heterocycles. The number of carbonyl (C=O) groups excluding carboxylic acids is 1. The van der Waals surface area contributed by atoms with E-state index in [1.165, 1.54) is 36.6 Å². The van der Waals surface area contributed by atoms with Crippen LogP contribution in [0.25, 0.3) is 11.3 Å². The molecule has 0 saturated carbocycles. The van der Waals surface area contributed by atoms with Crippen molar-refractivity contribution in [2.75, 3.05) is 17.1 Å². The Hall–Kier alpha value is -3.63. The van der Waals surface area contributed by atoms with Crippen LogP contribution in [0.2, 0.25) is 0 Å². The van der Waals surface area contributed by atoms with Crippen LogP contribution in [0.4, 0.5) is 10.8 Å². The molecule has 10 heteroatoms. The van der Waals surface area contributed by atoms with Gasteiger partial charge in [-0.25, -0.2) is 13.4 Å². The van der Waals surface area contributed by atoms with Crippen molar-refractivity contribution in [2.45, 2.75) is 25.7 Å². The number of hydrogen-bond acceptors (Lipinski definition) is 7. The van der Waals surface area contributed by atoms with Crippen molar-refractivity contribution in [2.24, 2.45) is 0 Å². The highest BCUT2D eigenvalue weighted by molar-refractivity contribution is 7.92. The summed E-state index contributed by atoms with van der Waals surface area (Å²) in [5, 5.41) is 4.94. The Labute approximate surface area is 201 Å². The number of methoxy groups -OCH3 is 1. The number of ether oxygens (including phenoxy) is 1. The van der Waals surface area contributed by atoms with Gasteiger partial charge in [-0.1, -0.05) is 17.7 Å². The van der Waals surface area contributed by atoms with Gasteiger partial charge in [0.15, 0.2) is 5.13 Å². The van der Waals surface area contributed by atoms with Crippen LogP contribution >= 0.6 is 11.3 Å². The molecule has 2 aromatic heterocycles. The second-order valence-corrected chi connectivity index (χ2v) is 10.2. The molecule has 176 valence electrons. The first-order valence-corrected chi connectivity index (χ1v) is 12.6. The molecular weight excluding hydrogens is 474 g/mol. The summed E-state index contributed by atoms with van der Waals surface area (Å²) >= 11 is 1.27. The van der Waals surface area contributed by atoms with Gasteiger partial charge in [0.1, 0.15) is 22.2 Å². The lowest BCUT2D eigenvalue weighted by Gasteiger charge is -2.13. The number of carbonyl (C=O) groups is 1. The number of aromatic nitrogens is 1. The van der Waals surface area contributed by atoms with E-state index in [-0.39, 0.29) is 16.2 Å². The summed E-state index contributed by atoms with van der Waals surface area (Å²) in [6.45, 7) is 5.62. The number of hydrogen-bond donors (Lipinski definition) is 2. The standard InChI is InChI=1S/C24H23N3O5S2/c1-14-5-8-18(9-6-14)27-34(29,30)22-12-17(7-10-21(22)31-4)23(28)26-24-25-20(13-33-24)19-11-15(2)32-16(19)3/h5-13,27H,1-4H3,(H,25,26,28). The van der Waals surface area contributed by atoms with Crippen LogP contribution in [0.1, 0.15) is 27.4 Å². The number of sulfonamides is 1. The normalized spacial score (nSPS) is 11.3. The summed E-state index contributed by atoms with van der Waals surface area (Å²) < 4.78 is 39.4. The average Bonchev–Trinajstić information content (AvgIpc) is 3.39. The van der Waals surface area contributed by atoms with Crippen molar-refractivity contribution in [3.63, 3.8) is 0 Å². The Morgan fingerprint density at radius 2 is 1.79 bits per heavy atom. The minimum atomic E-state index is -4.01. The van der Waals surface area contributed by atoms with Crippen LogP contribution in [-0.2, 0) is 10.0 Å². The number of furan rings is 1. The van der Waals surface area contributed by atoms with Crippen LogP contribution in [-0.4, -0.2) is 26.4 Å². The third kappa shape index (κ3) is 4.97. The van der Waals surface area contributed by atoms with Crippen molar-refractivity contribution in [1.82, 2.24) is 4.98 Å². The molecule has 0 unspecified atom stereocenters. The lowest BCUT2D eigenvalue weighted by Crippen LogP contribution is -2.17. The maximum absolute atomic E-state index is 13.1. The van der Waals surface area contributed by atoms with E-state index in [4.69, 9.17) is 9.15 Å². The zero-order valence-corrected chi connectivity index (χ0v) is 20.6. The topological polar surface area (TPSA) is 111 Å². The molecule has 4 aromatic rings. The Kier molecular flexibility index (Phi) is 6.45.